The highest BCUT2D eigenvalue weighted by Crippen LogP contribution is 2.41. The molecule has 0 saturated heterocycles. The molecule has 9 heteroatoms. The Morgan fingerprint density at radius 3 is 2.35 bits per heavy atom. The number of rotatable bonds is 4. The number of carbonyl (C=O) groups is 2. The molecule has 1 unspecified atom stereocenters. The minimum absolute atomic E-state index is 0.121. The summed E-state index contributed by atoms with van der Waals surface area (Å²) in [5, 5.41) is 0.824. The van der Waals surface area contributed by atoms with E-state index in [2.05, 4.69) is 0 Å². The van der Waals surface area contributed by atoms with Gasteiger partial charge in [-0.1, -0.05) is 35.9 Å². The van der Waals surface area contributed by atoms with Gasteiger partial charge in [0.05, 0.1) is 22.1 Å². The molecule has 34 heavy (non-hydrogen) atoms. The fourth-order valence-electron chi connectivity index (χ4n) is 4.48. The van der Waals surface area contributed by atoms with Gasteiger partial charge in [-0.05, 0) is 57.9 Å². The minimum Gasteiger partial charge on any atom is -0.443 e. The number of ether oxygens (including phenoxy) is 1. The van der Waals surface area contributed by atoms with Crippen LogP contribution in [0.2, 0.25) is 0 Å². The molecular weight excluding hydrogens is 454 g/mol. The van der Waals surface area contributed by atoms with E-state index in [0.29, 0.717) is 17.6 Å². The Kier molecular flexibility index (Phi) is 6.03. The minimum atomic E-state index is -3.97. The standard InChI is InChI=1S/C25H29N3O5S/c1-16-9-11-17(12-10-16)34(31,32)27-14-13-19-18-7-5-6-8-20(18)28(24(30)33-25(2,3)4)23(19)21(27)15-22(26)29/h5-12,21H,13-15H2,1-4H3,(H2,26,29). The fourth-order valence-corrected chi connectivity index (χ4v) is 6.07. The number of aromatic nitrogens is 1. The summed E-state index contributed by atoms with van der Waals surface area (Å²) in [5.41, 5.74) is 7.59. The molecule has 8 nitrogen and oxygen atoms in total. The van der Waals surface area contributed by atoms with E-state index in [-0.39, 0.29) is 17.9 Å². The zero-order valence-electron chi connectivity index (χ0n) is 19.7. The average Bonchev–Trinajstić information content (AvgIpc) is 3.08. The lowest BCUT2D eigenvalue weighted by Gasteiger charge is -2.35. The van der Waals surface area contributed by atoms with Crippen molar-refractivity contribution in [2.24, 2.45) is 5.73 Å². The van der Waals surface area contributed by atoms with Crippen LogP contribution in [0.25, 0.3) is 10.9 Å². The molecule has 2 N–H and O–H groups in total. The highest BCUT2D eigenvalue weighted by molar-refractivity contribution is 7.89. The van der Waals surface area contributed by atoms with Gasteiger partial charge in [0.1, 0.15) is 5.60 Å². The lowest BCUT2D eigenvalue weighted by Crippen LogP contribution is -2.43. The van der Waals surface area contributed by atoms with Crippen LogP contribution in [0.3, 0.4) is 0 Å². The number of para-hydroxylation sites is 1. The molecule has 4 rings (SSSR count). The maximum absolute atomic E-state index is 13.7. The van der Waals surface area contributed by atoms with E-state index < -0.39 is 33.7 Å². The molecule has 1 amide bonds. The van der Waals surface area contributed by atoms with Gasteiger partial charge in [0, 0.05) is 18.4 Å². The van der Waals surface area contributed by atoms with Crippen molar-refractivity contribution in [3.8, 4) is 0 Å². The van der Waals surface area contributed by atoms with Crippen molar-refractivity contribution >= 4 is 32.9 Å². The van der Waals surface area contributed by atoms with Crippen LogP contribution in [0, 0.1) is 6.92 Å². The Morgan fingerprint density at radius 1 is 1.09 bits per heavy atom. The molecule has 0 bridgehead atoms. The number of carbonyl (C=O) groups excluding carboxylic acids is 2. The molecule has 2 heterocycles. The topological polar surface area (TPSA) is 112 Å². The summed E-state index contributed by atoms with van der Waals surface area (Å²) in [5.74, 6) is -0.664. The highest BCUT2D eigenvalue weighted by atomic mass is 32.2. The monoisotopic (exact) mass is 483 g/mol. The molecule has 1 aliphatic heterocycles. The second-order valence-corrected chi connectivity index (χ2v) is 11.5. The van der Waals surface area contributed by atoms with E-state index in [1.165, 1.54) is 8.87 Å². The molecule has 0 aliphatic carbocycles. The van der Waals surface area contributed by atoms with Crippen LogP contribution in [0.4, 0.5) is 4.79 Å². The first kappa shape index (κ1) is 24.0. The van der Waals surface area contributed by atoms with Gasteiger partial charge in [0.25, 0.3) is 0 Å². The number of hydrogen-bond donors (Lipinski definition) is 1. The van der Waals surface area contributed by atoms with Crippen molar-refractivity contribution in [2.45, 2.75) is 57.1 Å². The van der Waals surface area contributed by atoms with Crippen molar-refractivity contribution in [1.29, 1.82) is 0 Å². The van der Waals surface area contributed by atoms with Gasteiger partial charge in [-0.2, -0.15) is 4.31 Å². The Morgan fingerprint density at radius 2 is 1.74 bits per heavy atom. The van der Waals surface area contributed by atoms with Gasteiger partial charge in [0.2, 0.25) is 15.9 Å². The molecule has 1 aromatic heterocycles. The number of benzene rings is 2. The number of primary amides is 1. The fraction of sp³-hybridized carbons (Fsp3) is 0.360. The first-order chi connectivity index (χ1) is 15.9. The van der Waals surface area contributed by atoms with E-state index in [1.807, 2.05) is 19.1 Å². The van der Waals surface area contributed by atoms with Crippen molar-refractivity contribution in [1.82, 2.24) is 8.87 Å². The number of fused-ring (bicyclic) bond motifs is 3. The zero-order valence-corrected chi connectivity index (χ0v) is 20.6. The molecule has 0 saturated carbocycles. The quantitative estimate of drug-likeness (QED) is 0.605. The van der Waals surface area contributed by atoms with E-state index in [1.54, 1.807) is 57.2 Å². The third-order valence-electron chi connectivity index (χ3n) is 5.86. The number of aryl methyl sites for hydroxylation is 1. The molecule has 0 radical (unpaired) electrons. The van der Waals surface area contributed by atoms with Gasteiger partial charge in [-0.25, -0.2) is 17.8 Å². The summed E-state index contributed by atoms with van der Waals surface area (Å²) >= 11 is 0. The van der Waals surface area contributed by atoms with Crippen molar-refractivity contribution < 1.29 is 22.7 Å². The molecule has 0 spiro atoms. The van der Waals surface area contributed by atoms with Crippen LogP contribution in [0.5, 0.6) is 0 Å². The number of hydrogen-bond acceptors (Lipinski definition) is 5. The second kappa shape index (κ2) is 8.56. The zero-order chi connectivity index (χ0) is 24.8. The Hall–Kier alpha value is -3.17. The lowest BCUT2D eigenvalue weighted by molar-refractivity contribution is -0.119. The lowest BCUT2D eigenvalue weighted by atomic mass is 9.97. The molecule has 1 atom stereocenters. The van der Waals surface area contributed by atoms with E-state index in [9.17, 15) is 18.0 Å². The number of sulfonamides is 1. The predicted molar refractivity (Wildman–Crippen MR) is 129 cm³/mol. The largest absolute Gasteiger partial charge is 0.443 e. The number of amides is 1. The van der Waals surface area contributed by atoms with Crippen LogP contribution in [0.1, 0.15) is 50.1 Å². The molecule has 2 aromatic carbocycles. The van der Waals surface area contributed by atoms with Crippen LogP contribution < -0.4 is 5.73 Å². The first-order valence-corrected chi connectivity index (χ1v) is 12.6. The summed E-state index contributed by atoms with van der Waals surface area (Å²) in [6.45, 7) is 7.32. The Bertz CT molecular complexity index is 1370. The van der Waals surface area contributed by atoms with E-state index >= 15 is 0 Å². The summed E-state index contributed by atoms with van der Waals surface area (Å²) in [4.78, 5) is 25.6. The van der Waals surface area contributed by atoms with Gasteiger partial charge in [0.15, 0.2) is 0 Å². The molecular formula is C25H29N3O5S. The molecule has 180 valence electrons. The molecule has 3 aromatic rings. The summed E-state index contributed by atoms with van der Waals surface area (Å²) in [7, 11) is -3.97. The van der Waals surface area contributed by atoms with E-state index in [4.69, 9.17) is 10.5 Å². The van der Waals surface area contributed by atoms with Crippen molar-refractivity contribution in [3.63, 3.8) is 0 Å². The Balaban J connectivity index is 1.94. The van der Waals surface area contributed by atoms with Crippen molar-refractivity contribution in [2.75, 3.05) is 6.54 Å². The smallest absolute Gasteiger partial charge is 0.419 e. The summed E-state index contributed by atoms with van der Waals surface area (Å²) < 4.78 is 35.7. The number of nitrogens with two attached hydrogens (primary N) is 1. The first-order valence-electron chi connectivity index (χ1n) is 11.1. The van der Waals surface area contributed by atoms with Gasteiger partial charge in [-0.3, -0.25) is 4.79 Å². The van der Waals surface area contributed by atoms with Crippen molar-refractivity contribution in [3.05, 3.63) is 65.4 Å². The third-order valence-corrected chi connectivity index (χ3v) is 7.79. The van der Waals surface area contributed by atoms with Crippen LogP contribution in [0.15, 0.2) is 53.4 Å². The van der Waals surface area contributed by atoms with Gasteiger partial charge in [-0.15, -0.1) is 0 Å². The van der Waals surface area contributed by atoms with E-state index in [0.717, 1.165) is 16.5 Å². The highest BCUT2D eigenvalue weighted by Gasteiger charge is 2.42. The predicted octanol–water partition coefficient (Wildman–Crippen LogP) is 3.90. The SMILES string of the molecule is Cc1ccc(S(=O)(=O)N2CCc3c(n(C(=O)OC(C)(C)C)c4ccccc34)C2CC(N)=O)cc1. The third kappa shape index (κ3) is 4.33. The second-order valence-electron chi connectivity index (χ2n) is 9.56. The molecule has 1 aliphatic rings. The normalized spacial score (nSPS) is 16.9. The van der Waals surface area contributed by atoms with Crippen LogP contribution in [-0.4, -0.2) is 41.4 Å². The maximum Gasteiger partial charge on any atom is 0.419 e. The van der Waals surface area contributed by atoms with Gasteiger partial charge < -0.3 is 10.5 Å². The van der Waals surface area contributed by atoms with Gasteiger partial charge >= 0.3 is 6.09 Å². The van der Waals surface area contributed by atoms with Crippen LogP contribution >= 0.6 is 0 Å². The van der Waals surface area contributed by atoms with Crippen LogP contribution in [-0.2, 0) is 26.0 Å². The summed E-state index contributed by atoms with van der Waals surface area (Å²) in [6.07, 6.45) is -0.516. The maximum atomic E-state index is 13.7. The molecule has 0 fully saturated rings. The number of nitrogens with zero attached hydrogens (tertiary/aromatic N) is 2. The Labute approximate surface area is 199 Å². The average molecular weight is 484 g/mol. The summed E-state index contributed by atoms with van der Waals surface area (Å²) in [6, 6.07) is 12.9.